The van der Waals surface area contributed by atoms with Crippen LogP contribution in [-0.4, -0.2) is 31.1 Å². The number of rotatable bonds is 5. The Morgan fingerprint density at radius 1 is 1.43 bits per heavy atom. The smallest absolute Gasteiger partial charge is 0.00100 e. The molecule has 14 heavy (non-hydrogen) atoms. The fraction of sp³-hybridized carbons (Fsp3) is 1.00. The number of likely N-dealkylation sites (tertiary alicyclic amines) is 1. The van der Waals surface area contributed by atoms with Gasteiger partial charge in [-0.3, -0.25) is 0 Å². The molecule has 1 rings (SSSR count). The van der Waals surface area contributed by atoms with Crippen molar-refractivity contribution >= 4 is 0 Å². The summed E-state index contributed by atoms with van der Waals surface area (Å²) < 4.78 is 0. The Bertz CT molecular complexity index is 166. The molecular formula is C12H26N2. The second kappa shape index (κ2) is 5.13. The van der Waals surface area contributed by atoms with Crippen LogP contribution < -0.4 is 5.73 Å². The standard InChI is InChI=1S/C12H26N2/c1-4-11-5-7-14(9-11)8-6-12(2,3)10-13/h11H,4-10,13H2,1-3H3. The van der Waals surface area contributed by atoms with E-state index in [-0.39, 0.29) is 0 Å². The van der Waals surface area contributed by atoms with Crippen molar-refractivity contribution in [1.82, 2.24) is 4.90 Å². The predicted octanol–water partition coefficient (Wildman–Crippen LogP) is 2.09. The minimum absolute atomic E-state index is 0.324. The van der Waals surface area contributed by atoms with Gasteiger partial charge in [0.25, 0.3) is 0 Å². The summed E-state index contributed by atoms with van der Waals surface area (Å²) in [5.41, 5.74) is 6.05. The van der Waals surface area contributed by atoms with Crippen LogP contribution in [0.15, 0.2) is 0 Å². The molecule has 1 saturated heterocycles. The van der Waals surface area contributed by atoms with E-state index in [1.54, 1.807) is 0 Å². The van der Waals surface area contributed by atoms with Crippen LogP contribution in [0.3, 0.4) is 0 Å². The van der Waals surface area contributed by atoms with Gasteiger partial charge in [0.1, 0.15) is 0 Å². The Morgan fingerprint density at radius 2 is 2.14 bits per heavy atom. The monoisotopic (exact) mass is 198 g/mol. The van der Waals surface area contributed by atoms with Gasteiger partial charge in [-0.25, -0.2) is 0 Å². The summed E-state index contributed by atoms with van der Waals surface area (Å²) in [4.78, 5) is 2.60. The third-order valence-corrected chi connectivity index (χ3v) is 3.60. The maximum absolute atomic E-state index is 5.73. The number of hydrogen-bond acceptors (Lipinski definition) is 2. The molecule has 2 heteroatoms. The molecule has 0 aliphatic carbocycles. The number of hydrogen-bond donors (Lipinski definition) is 1. The van der Waals surface area contributed by atoms with Gasteiger partial charge in [0.15, 0.2) is 0 Å². The largest absolute Gasteiger partial charge is 0.330 e. The molecule has 1 aliphatic heterocycles. The molecule has 0 aromatic heterocycles. The summed E-state index contributed by atoms with van der Waals surface area (Å²) >= 11 is 0. The van der Waals surface area contributed by atoms with Gasteiger partial charge < -0.3 is 10.6 Å². The van der Waals surface area contributed by atoms with Gasteiger partial charge in [-0.1, -0.05) is 27.2 Å². The summed E-state index contributed by atoms with van der Waals surface area (Å²) in [7, 11) is 0. The van der Waals surface area contributed by atoms with E-state index in [0.29, 0.717) is 5.41 Å². The molecule has 0 radical (unpaired) electrons. The zero-order chi connectivity index (χ0) is 10.6. The van der Waals surface area contributed by atoms with E-state index in [1.165, 1.54) is 38.9 Å². The van der Waals surface area contributed by atoms with Crippen molar-refractivity contribution in [3.63, 3.8) is 0 Å². The van der Waals surface area contributed by atoms with Crippen LogP contribution in [0.25, 0.3) is 0 Å². The molecule has 0 spiro atoms. The van der Waals surface area contributed by atoms with Crippen LogP contribution in [0.5, 0.6) is 0 Å². The fourth-order valence-electron chi connectivity index (χ4n) is 2.01. The molecule has 0 amide bonds. The van der Waals surface area contributed by atoms with Crippen LogP contribution in [0.1, 0.15) is 40.0 Å². The molecule has 0 saturated carbocycles. The SMILES string of the molecule is CCC1CCN(CCC(C)(C)CN)C1. The Balaban J connectivity index is 2.20. The zero-order valence-electron chi connectivity index (χ0n) is 10.1. The normalized spacial score (nSPS) is 24.4. The quantitative estimate of drug-likeness (QED) is 0.733. The van der Waals surface area contributed by atoms with Crippen LogP contribution in [0.4, 0.5) is 0 Å². The summed E-state index contributed by atoms with van der Waals surface area (Å²) in [6.45, 7) is 11.5. The van der Waals surface area contributed by atoms with Crippen molar-refractivity contribution in [2.75, 3.05) is 26.2 Å². The molecule has 84 valence electrons. The van der Waals surface area contributed by atoms with Crippen molar-refractivity contribution in [2.24, 2.45) is 17.1 Å². The highest BCUT2D eigenvalue weighted by atomic mass is 15.1. The lowest BCUT2D eigenvalue weighted by molar-refractivity contribution is 0.248. The van der Waals surface area contributed by atoms with E-state index in [1.807, 2.05) is 0 Å². The van der Waals surface area contributed by atoms with Crippen molar-refractivity contribution in [3.8, 4) is 0 Å². The molecule has 1 unspecified atom stereocenters. The molecule has 1 heterocycles. The van der Waals surface area contributed by atoms with Gasteiger partial charge in [-0.2, -0.15) is 0 Å². The van der Waals surface area contributed by atoms with E-state index in [9.17, 15) is 0 Å². The predicted molar refractivity (Wildman–Crippen MR) is 62.3 cm³/mol. The van der Waals surface area contributed by atoms with Crippen LogP contribution >= 0.6 is 0 Å². The third kappa shape index (κ3) is 3.58. The Hall–Kier alpha value is -0.0800. The molecule has 1 fully saturated rings. The number of nitrogens with zero attached hydrogens (tertiary/aromatic N) is 1. The maximum atomic E-state index is 5.73. The number of nitrogens with two attached hydrogens (primary N) is 1. The summed E-state index contributed by atoms with van der Waals surface area (Å²) in [5.74, 6) is 0.955. The molecule has 1 atom stereocenters. The lowest BCUT2D eigenvalue weighted by Gasteiger charge is -2.25. The van der Waals surface area contributed by atoms with Crippen LogP contribution in [0, 0.1) is 11.3 Å². The minimum Gasteiger partial charge on any atom is -0.330 e. The van der Waals surface area contributed by atoms with Gasteiger partial charge in [-0.15, -0.1) is 0 Å². The highest BCUT2D eigenvalue weighted by molar-refractivity contribution is 4.77. The maximum Gasteiger partial charge on any atom is 0.00100 e. The topological polar surface area (TPSA) is 29.3 Å². The fourth-order valence-corrected chi connectivity index (χ4v) is 2.01. The van der Waals surface area contributed by atoms with Gasteiger partial charge >= 0.3 is 0 Å². The van der Waals surface area contributed by atoms with Crippen molar-refractivity contribution in [1.29, 1.82) is 0 Å². The van der Waals surface area contributed by atoms with E-state index in [4.69, 9.17) is 5.73 Å². The minimum atomic E-state index is 0.324. The molecule has 1 aliphatic rings. The second-order valence-corrected chi connectivity index (χ2v) is 5.48. The van der Waals surface area contributed by atoms with Gasteiger partial charge in [0.2, 0.25) is 0 Å². The van der Waals surface area contributed by atoms with Crippen molar-refractivity contribution in [2.45, 2.75) is 40.0 Å². The van der Waals surface area contributed by atoms with Gasteiger partial charge in [0.05, 0.1) is 0 Å². The van der Waals surface area contributed by atoms with E-state index < -0.39 is 0 Å². The molecule has 0 aromatic rings. The lowest BCUT2D eigenvalue weighted by atomic mass is 9.89. The first-order chi connectivity index (χ1) is 6.57. The second-order valence-electron chi connectivity index (χ2n) is 5.48. The molecule has 0 aromatic carbocycles. The summed E-state index contributed by atoms with van der Waals surface area (Å²) in [5, 5.41) is 0. The molecule has 0 bridgehead atoms. The average molecular weight is 198 g/mol. The Kier molecular flexibility index (Phi) is 4.39. The Morgan fingerprint density at radius 3 is 2.64 bits per heavy atom. The average Bonchev–Trinajstić information content (AvgIpc) is 2.63. The van der Waals surface area contributed by atoms with E-state index >= 15 is 0 Å². The summed E-state index contributed by atoms with van der Waals surface area (Å²) in [6, 6.07) is 0. The first-order valence-electron chi connectivity index (χ1n) is 6.00. The lowest BCUT2D eigenvalue weighted by Crippen LogP contribution is -2.30. The molecule has 2 N–H and O–H groups in total. The third-order valence-electron chi connectivity index (χ3n) is 3.60. The zero-order valence-corrected chi connectivity index (χ0v) is 10.1. The van der Waals surface area contributed by atoms with Crippen LogP contribution in [0.2, 0.25) is 0 Å². The van der Waals surface area contributed by atoms with Crippen molar-refractivity contribution in [3.05, 3.63) is 0 Å². The highest BCUT2D eigenvalue weighted by Gasteiger charge is 2.23. The van der Waals surface area contributed by atoms with Gasteiger partial charge in [-0.05, 0) is 43.8 Å². The highest BCUT2D eigenvalue weighted by Crippen LogP contribution is 2.23. The molecule has 2 nitrogen and oxygen atoms in total. The van der Waals surface area contributed by atoms with E-state index in [2.05, 4.69) is 25.7 Å². The first kappa shape index (κ1) is 12.0. The summed E-state index contributed by atoms with van der Waals surface area (Å²) in [6.07, 6.45) is 3.98. The first-order valence-corrected chi connectivity index (χ1v) is 6.00. The van der Waals surface area contributed by atoms with E-state index in [0.717, 1.165) is 12.5 Å². The molecular weight excluding hydrogens is 172 g/mol. The van der Waals surface area contributed by atoms with Crippen molar-refractivity contribution < 1.29 is 0 Å². The van der Waals surface area contributed by atoms with Gasteiger partial charge in [0, 0.05) is 6.54 Å². The Labute approximate surface area is 88.8 Å². The van der Waals surface area contributed by atoms with Crippen LogP contribution in [-0.2, 0) is 0 Å².